The zero-order chi connectivity index (χ0) is 32.4. The van der Waals surface area contributed by atoms with Gasteiger partial charge in [0.05, 0.1) is 24.6 Å². The van der Waals surface area contributed by atoms with Gasteiger partial charge in [-0.3, -0.25) is 14.4 Å². The standard InChI is InChI=1S/C30H37F3N4O6S/c1-18-14-37(19(2)17-38)28(39)13-23-12-25(35-44(40,41)29-20(3)34-43-21(29)4)10-11-26(23)42-27(18)16-36(5)15-22-6-8-24(9-7-22)30(31,32)33/h6-12,18-19,27,35,38H,13-17H2,1-5H3/t18-,19-,27+/m1/s1. The minimum absolute atomic E-state index is 0.0683. The molecule has 1 amide bonds. The molecule has 3 aromatic rings. The summed E-state index contributed by atoms with van der Waals surface area (Å²) in [6.45, 7) is 7.46. The highest BCUT2D eigenvalue weighted by molar-refractivity contribution is 7.92. The predicted octanol–water partition coefficient (Wildman–Crippen LogP) is 4.39. The number of likely N-dealkylation sites (N-methyl/N-ethyl adjacent to an activating group) is 1. The largest absolute Gasteiger partial charge is 0.488 e. The maximum atomic E-state index is 13.5. The third-order valence-corrected chi connectivity index (χ3v) is 9.26. The highest BCUT2D eigenvalue weighted by atomic mass is 32.2. The Morgan fingerprint density at radius 1 is 1.18 bits per heavy atom. The lowest BCUT2D eigenvalue weighted by Crippen LogP contribution is -2.47. The summed E-state index contributed by atoms with van der Waals surface area (Å²) in [5.41, 5.74) is 0.850. The first-order valence-electron chi connectivity index (χ1n) is 14.1. The van der Waals surface area contributed by atoms with Crippen molar-refractivity contribution in [1.29, 1.82) is 0 Å². The molecule has 0 bridgehead atoms. The van der Waals surface area contributed by atoms with Gasteiger partial charge in [-0.05, 0) is 63.7 Å². The highest BCUT2D eigenvalue weighted by Gasteiger charge is 2.32. The molecule has 0 saturated heterocycles. The minimum Gasteiger partial charge on any atom is -0.488 e. The molecule has 0 spiro atoms. The Bertz CT molecular complexity index is 1560. The van der Waals surface area contributed by atoms with Crippen LogP contribution in [0.2, 0.25) is 0 Å². The molecule has 0 unspecified atom stereocenters. The summed E-state index contributed by atoms with van der Waals surface area (Å²) in [6.07, 6.45) is -4.97. The van der Waals surface area contributed by atoms with Gasteiger partial charge in [0.1, 0.15) is 17.5 Å². The number of amides is 1. The maximum absolute atomic E-state index is 13.5. The van der Waals surface area contributed by atoms with E-state index in [0.717, 1.165) is 12.1 Å². The van der Waals surface area contributed by atoms with Gasteiger partial charge in [0, 0.05) is 36.8 Å². The molecule has 240 valence electrons. The third kappa shape index (κ3) is 7.71. The number of ether oxygens (including phenoxy) is 1. The monoisotopic (exact) mass is 638 g/mol. The van der Waals surface area contributed by atoms with Gasteiger partial charge in [-0.25, -0.2) is 8.42 Å². The minimum atomic E-state index is -4.42. The van der Waals surface area contributed by atoms with Crippen LogP contribution in [-0.2, 0) is 34.0 Å². The van der Waals surface area contributed by atoms with Gasteiger partial charge in [0.2, 0.25) is 5.91 Å². The number of hydrogen-bond acceptors (Lipinski definition) is 8. The van der Waals surface area contributed by atoms with Gasteiger partial charge in [0.25, 0.3) is 10.0 Å². The van der Waals surface area contributed by atoms with E-state index in [1.165, 1.54) is 26.0 Å². The number of aliphatic hydroxyl groups excluding tert-OH is 1. The lowest BCUT2D eigenvalue weighted by molar-refractivity contribution is -0.137. The number of rotatable bonds is 9. The van der Waals surface area contributed by atoms with Crippen LogP contribution in [0.4, 0.5) is 18.9 Å². The zero-order valence-electron chi connectivity index (χ0n) is 25.2. The van der Waals surface area contributed by atoms with Crippen LogP contribution in [-0.4, -0.2) is 73.3 Å². The molecule has 14 heteroatoms. The first-order valence-corrected chi connectivity index (χ1v) is 15.6. The SMILES string of the molecule is Cc1noc(C)c1S(=O)(=O)Nc1ccc2c(c1)CC(=O)N([C@H](C)CO)C[C@@H](C)[C@H](CN(C)Cc1ccc(C(F)(F)F)cc1)O2. The number of alkyl halides is 3. The fourth-order valence-corrected chi connectivity index (χ4v) is 6.64. The molecular weight excluding hydrogens is 601 g/mol. The molecule has 1 aliphatic heterocycles. The number of anilines is 1. The van der Waals surface area contributed by atoms with Crippen molar-refractivity contribution in [2.75, 3.05) is 31.5 Å². The van der Waals surface area contributed by atoms with Crippen LogP contribution >= 0.6 is 0 Å². The Hall–Kier alpha value is -3.62. The quantitative estimate of drug-likeness (QED) is 0.354. The number of sulfonamides is 1. The van der Waals surface area contributed by atoms with Crippen molar-refractivity contribution < 1.29 is 40.8 Å². The van der Waals surface area contributed by atoms with E-state index >= 15 is 0 Å². The number of aromatic nitrogens is 1. The Kier molecular flexibility index (Phi) is 9.96. The number of nitrogens with one attached hydrogen (secondary N) is 1. The van der Waals surface area contributed by atoms with Crippen LogP contribution in [0.5, 0.6) is 5.75 Å². The molecule has 44 heavy (non-hydrogen) atoms. The second-order valence-electron chi connectivity index (χ2n) is 11.4. The molecule has 1 aromatic heterocycles. The Labute approximate surface area is 254 Å². The van der Waals surface area contributed by atoms with E-state index in [0.29, 0.717) is 36.5 Å². The Balaban J connectivity index is 1.61. The fraction of sp³-hybridized carbons (Fsp3) is 0.467. The van der Waals surface area contributed by atoms with E-state index in [2.05, 4.69) is 9.88 Å². The molecule has 0 fully saturated rings. The molecular formula is C30H37F3N4O6S. The van der Waals surface area contributed by atoms with Crippen molar-refractivity contribution in [3.8, 4) is 5.75 Å². The van der Waals surface area contributed by atoms with Gasteiger partial charge < -0.3 is 19.3 Å². The van der Waals surface area contributed by atoms with Crippen molar-refractivity contribution in [1.82, 2.24) is 15.0 Å². The Morgan fingerprint density at radius 2 is 1.86 bits per heavy atom. The number of carbonyl (C=O) groups is 1. The number of fused-ring (bicyclic) bond motifs is 1. The molecule has 2 N–H and O–H groups in total. The van der Waals surface area contributed by atoms with Crippen LogP contribution in [0.1, 0.15) is 42.0 Å². The van der Waals surface area contributed by atoms with Gasteiger partial charge in [-0.2, -0.15) is 13.2 Å². The fourth-order valence-electron chi connectivity index (χ4n) is 5.26. The van der Waals surface area contributed by atoms with Crippen molar-refractivity contribution in [2.24, 2.45) is 5.92 Å². The third-order valence-electron chi connectivity index (χ3n) is 7.63. The van der Waals surface area contributed by atoms with Crippen molar-refractivity contribution in [2.45, 2.75) is 63.9 Å². The summed E-state index contributed by atoms with van der Waals surface area (Å²) in [7, 11) is -2.22. The lowest BCUT2D eigenvalue weighted by Gasteiger charge is -2.34. The summed E-state index contributed by atoms with van der Waals surface area (Å²) in [4.78, 5) is 16.9. The average molecular weight is 639 g/mol. The first-order chi connectivity index (χ1) is 20.6. The number of halogens is 3. The van der Waals surface area contributed by atoms with Crippen LogP contribution < -0.4 is 9.46 Å². The summed E-state index contributed by atoms with van der Waals surface area (Å²) >= 11 is 0. The van der Waals surface area contributed by atoms with Crippen molar-refractivity contribution in [3.05, 3.63) is 70.6 Å². The zero-order valence-corrected chi connectivity index (χ0v) is 26.0. The van der Waals surface area contributed by atoms with Gasteiger partial charge >= 0.3 is 6.18 Å². The number of benzene rings is 2. The second-order valence-corrected chi connectivity index (χ2v) is 13.0. The van der Waals surface area contributed by atoms with Crippen LogP contribution in [0.3, 0.4) is 0 Å². The number of nitrogens with zero attached hydrogens (tertiary/aromatic N) is 3. The number of aliphatic hydroxyl groups is 1. The predicted molar refractivity (Wildman–Crippen MR) is 157 cm³/mol. The molecule has 2 heterocycles. The second kappa shape index (κ2) is 13.2. The summed E-state index contributed by atoms with van der Waals surface area (Å²) < 4.78 is 79.2. The summed E-state index contributed by atoms with van der Waals surface area (Å²) in [5, 5.41) is 13.6. The van der Waals surface area contributed by atoms with Crippen molar-refractivity contribution in [3.63, 3.8) is 0 Å². The first kappa shape index (κ1) is 33.3. The van der Waals surface area contributed by atoms with Crippen LogP contribution in [0.25, 0.3) is 0 Å². The normalized spacial score (nSPS) is 18.7. The molecule has 10 nitrogen and oxygen atoms in total. The van der Waals surface area contributed by atoms with E-state index < -0.39 is 33.9 Å². The molecule has 0 aliphatic carbocycles. The summed E-state index contributed by atoms with van der Waals surface area (Å²) in [6, 6.07) is 9.20. The molecule has 0 radical (unpaired) electrons. The number of carbonyl (C=O) groups excluding carboxylic acids is 1. The van der Waals surface area contributed by atoms with Gasteiger partial charge in [-0.15, -0.1) is 0 Å². The smallest absolute Gasteiger partial charge is 0.416 e. The maximum Gasteiger partial charge on any atom is 0.416 e. The van der Waals surface area contributed by atoms with E-state index in [4.69, 9.17) is 9.26 Å². The van der Waals surface area contributed by atoms with Crippen LogP contribution in [0.15, 0.2) is 51.9 Å². The van der Waals surface area contributed by atoms with Crippen LogP contribution in [0, 0.1) is 19.8 Å². The van der Waals surface area contributed by atoms with E-state index in [1.807, 2.05) is 18.9 Å². The molecule has 0 saturated carbocycles. The molecule has 3 atom stereocenters. The summed E-state index contributed by atoms with van der Waals surface area (Å²) in [5.74, 6) is 0.0819. The lowest BCUT2D eigenvalue weighted by atomic mass is 10.0. The van der Waals surface area contributed by atoms with E-state index in [9.17, 15) is 31.5 Å². The molecule has 4 rings (SSSR count). The molecule has 2 aromatic carbocycles. The number of aryl methyl sites for hydroxylation is 2. The Morgan fingerprint density at radius 3 is 2.45 bits per heavy atom. The molecule has 1 aliphatic rings. The van der Waals surface area contributed by atoms with E-state index in [-0.39, 0.29) is 46.9 Å². The van der Waals surface area contributed by atoms with E-state index in [1.54, 1.807) is 30.0 Å². The number of hydrogen-bond donors (Lipinski definition) is 2. The van der Waals surface area contributed by atoms with Crippen molar-refractivity contribution >= 4 is 21.6 Å². The van der Waals surface area contributed by atoms with Gasteiger partial charge in [-0.1, -0.05) is 24.2 Å². The highest BCUT2D eigenvalue weighted by Crippen LogP contribution is 2.32. The van der Waals surface area contributed by atoms with Gasteiger partial charge in [0.15, 0.2) is 10.7 Å². The topological polar surface area (TPSA) is 125 Å². The average Bonchev–Trinajstić information content (AvgIpc) is 3.31.